The molecule has 0 unspecified atom stereocenters. The number of likely N-dealkylation sites (tertiary alicyclic amines) is 1. The quantitative estimate of drug-likeness (QED) is 0.879. The molecule has 5 nitrogen and oxygen atoms in total. The van der Waals surface area contributed by atoms with Crippen molar-refractivity contribution < 1.29 is 9.59 Å². The summed E-state index contributed by atoms with van der Waals surface area (Å²) in [5.41, 5.74) is 6.52. The first-order valence-electron chi connectivity index (χ1n) is 7.39. The van der Waals surface area contributed by atoms with Gasteiger partial charge in [0.05, 0.1) is 12.6 Å². The predicted molar refractivity (Wildman–Crippen MR) is 81.3 cm³/mol. The molecule has 2 amide bonds. The van der Waals surface area contributed by atoms with E-state index in [0.717, 1.165) is 31.4 Å². The maximum absolute atomic E-state index is 12.3. The third kappa shape index (κ3) is 4.29. The molecule has 114 valence electrons. The summed E-state index contributed by atoms with van der Waals surface area (Å²) >= 11 is 0. The molecule has 1 aliphatic rings. The van der Waals surface area contributed by atoms with Crippen LogP contribution in [0.2, 0.25) is 0 Å². The molecule has 1 aromatic rings. The highest BCUT2D eigenvalue weighted by atomic mass is 16.2. The van der Waals surface area contributed by atoms with Crippen LogP contribution in [0.4, 0.5) is 0 Å². The lowest BCUT2D eigenvalue weighted by Crippen LogP contribution is -2.51. The van der Waals surface area contributed by atoms with Gasteiger partial charge in [-0.2, -0.15) is 0 Å². The second-order valence-corrected chi connectivity index (χ2v) is 5.62. The van der Waals surface area contributed by atoms with Crippen LogP contribution in [0.25, 0.3) is 0 Å². The predicted octanol–water partition coefficient (Wildman–Crippen LogP) is 0.985. The standard InChI is InChI=1S/C16H23N3O2/c1-18(11-13-7-3-2-4-8-13)15(20)12-19-10-6-5-9-14(19)16(17)21/h2-4,7-8,14H,5-6,9-12H2,1H3,(H2,17,21)/t14-/m0/s1. The number of primary amides is 1. The Labute approximate surface area is 125 Å². The number of carbonyl (C=O) groups is 2. The number of piperidine rings is 1. The van der Waals surface area contributed by atoms with E-state index in [1.807, 2.05) is 35.2 Å². The van der Waals surface area contributed by atoms with Crippen LogP contribution in [0.1, 0.15) is 24.8 Å². The van der Waals surface area contributed by atoms with E-state index in [1.165, 1.54) is 0 Å². The SMILES string of the molecule is CN(Cc1ccccc1)C(=O)CN1CCCC[C@H]1C(N)=O. The molecule has 1 aromatic carbocycles. The third-order valence-corrected chi connectivity index (χ3v) is 3.97. The highest BCUT2D eigenvalue weighted by Gasteiger charge is 2.28. The van der Waals surface area contributed by atoms with Crippen molar-refractivity contribution in [3.8, 4) is 0 Å². The molecule has 1 atom stereocenters. The van der Waals surface area contributed by atoms with Crippen molar-refractivity contribution in [2.24, 2.45) is 5.73 Å². The molecule has 1 fully saturated rings. The molecule has 0 aromatic heterocycles. The summed E-state index contributed by atoms with van der Waals surface area (Å²) in [4.78, 5) is 27.4. The average Bonchev–Trinajstić information content (AvgIpc) is 2.48. The van der Waals surface area contributed by atoms with Crippen molar-refractivity contribution in [3.05, 3.63) is 35.9 Å². The number of likely N-dealkylation sites (N-methyl/N-ethyl adjacent to an activating group) is 1. The Morgan fingerprint density at radius 3 is 2.67 bits per heavy atom. The number of carbonyl (C=O) groups excluding carboxylic acids is 2. The smallest absolute Gasteiger partial charge is 0.236 e. The van der Waals surface area contributed by atoms with Gasteiger partial charge < -0.3 is 10.6 Å². The first-order valence-corrected chi connectivity index (χ1v) is 7.39. The molecule has 0 radical (unpaired) electrons. The van der Waals surface area contributed by atoms with Gasteiger partial charge in [-0.15, -0.1) is 0 Å². The van der Waals surface area contributed by atoms with E-state index in [0.29, 0.717) is 6.54 Å². The van der Waals surface area contributed by atoms with Gasteiger partial charge in [-0.25, -0.2) is 0 Å². The van der Waals surface area contributed by atoms with E-state index in [2.05, 4.69) is 0 Å². The second kappa shape index (κ2) is 7.22. The molecule has 0 aliphatic carbocycles. The van der Waals surface area contributed by atoms with Crippen molar-refractivity contribution >= 4 is 11.8 Å². The van der Waals surface area contributed by atoms with Gasteiger partial charge in [-0.3, -0.25) is 14.5 Å². The average molecular weight is 289 g/mol. The molecule has 0 spiro atoms. The topological polar surface area (TPSA) is 66.6 Å². The molecular weight excluding hydrogens is 266 g/mol. The largest absolute Gasteiger partial charge is 0.368 e. The summed E-state index contributed by atoms with van der Waals surface area (Å²) in [5.74, 6) is -0.305. The van der Waals surface area contributed by atoms with Crippen molar-refractivity contribution in [3.63, 3.8) is 0 Å². The monoisotopic (exact) mass is 289 g/mol. The number of nitrogens with two attached hydrogens (primary N) is 1. The molecule has 2 rings (SSSR count). The zero-order chi connectivity index (χ0) is 15.2. The Morgan fingerprint density at radius 2 is 2.00 bits per heavy atom. The van der Waals surface area contributed by atoms with E-state index in [1.54, 1.807) is 11.9 Å². The fraction of sp³-hybridized carbons (Fsp3) is 0.500. The van der Waals surface area contributed by atoms with Crippen LogP contribution in [-0.4, -0.2) is 47.8 Å². The van der Waals surface area contributed by atoms with E-state index in [9.17, 15) is 9.59 Å². The molecule has 2 N–H and O–H groups in total. The number of amides is 2. The molecule has 0 bridgehead atoms. The first-order chi connectivity index (χ1) is 10.1. The fourth-order valence-electron chi connectivity index (χ4n) is 2.74. The van der Waals surface area contributed by atoms with Gasteiger partial charge >= 0.3 is 0 Å². The third-order valence-electron chi connectivity index (χ3n) is 3.97. The summed E-state index contributed by atoms with van der Waals surface area (Å²) < 4.78 is 0. The summed E-state index contributed by atoms with van der Waals surface area (Å²) in [7, 11) is 1.79. The number of hydrogen-bond donors (Lipinski definition) is 1. The Bertz CT molecular complexity index is 490. The number of hydrogen-bond acceptors (Lipinski definition) is 3. The molecule has 5 heteroatoms. The molecule has 0 saturated carbocycles. The summed E-state index contributed by atoms with van der Waals surface area (Å²) in [6, 6.07) is 9.57. The summed E-state index contributed by atoms with van der Waals surface area (Å²) in [6.45, 7) is 1.60. The minimum absolute atomic E-state index is 0.0204. The van der Waals surface area contributed by atoms with Crippen molar-refractivity contribution in [1.82, 2.24) is 9.80 Å². The van der Waals surface area contributed by atoms with Gasteiger partial charge in [0.1, 0.15) is 0 Å². The normalized spacial score (nSPS) is 19.2. The van der Waals surface area contributed by atoms with Gasteiger partial charge in [-0.1, -0.05) is 36.8 Å². The molecular formula is C16H23N3O2. The van der Waals surface area contributed by atoms with Gasteiger partial charge in [0, 0.05) is 13.6 Å². The number of nitrogens with zero attached hydrogens (tertiary/aromatic N) is 2. The molecule has 1 heterocycles. The fourth-order valence-corrected chi connectivity index (χ4v) is 2.74. The van der Waals surface area contributed by atoms with Crippen molar-refractivity contribution in [2.75, 3.05) is 20.1 Å². The van der Waals surface area contributed by atoms with E-state index in [-0.39, 0.29) is 24.4 Å². The van der Waals surface area contributed by atoms with Gasteiger partial charge in [-0.05, 0) is 24.9 Å². The summed E-state index contributed by atoms with van der Waals surface area (Å²) in [5, 5.41) is 0. The Kier molecular flexibility index (Phi) is 5.33. The highest BCUT2D eigenvalue weighted by Crippen LogP contribution is 2.16. The van der Waals surface area contributed by atoms with E-state index < -0.39 is 0 Å². The van der Waals surface area contributed by atoms with Crippen LogP contribution < -0.4 is 5.73 Å². The first kappa shape index (κ1) is 15.5. The van der Waals surface area contributed by atoms with Gasteiger partial charge in [0.2, 0.25) is 11.8 Å². The van der Waals surface area contributed by atoms with Crippen molar-refractivity contribution in [2.45, 2.75) is 31.8 Å². The lowest BCUT2D eigenvalue weighted by Gasteiger charge is -2.34. The molecule has 21 heavy (non-hydrogen) atoms. The number of rotatable bonds is 5. The molecule has 1 saturated heterocycles. The van der Waals surface area contributed by atoms with Crippen LogP contribution >= 0.6 is 0 Å². The zero-order valence-corrected chi connectivity index (χ0v) is 12.5. The van der Waals surface area contributed by atoms with Crippen LogP contribution in [0.5, 0.6) is 0 Å². The summed E-state index contributed by atoms with van der Waals surface area (Å²) in [6.07, 6.45) is 2.77. The highest BCUT2D eigenvalue weighted by molar-refractivity contribution is 5.82. The Morgan fingerprint density at radius 1 is 1.29 bits per heavy atom. The van der Waals surface area contributed by atoms with Crippen molar-refractivity contribution in [1.29, 1.82) is 0 Å². The van der Waals surface area contributed by atoms with Crippen LogP contribution in [-0.2, 0) is 16.1 Å². The molecule has 1 aliphatic heterocycles. The maximum Gasteiger partial charge on any atom is 0.236 e. The Balaban J connectivity index is 1.91. The zero-order valence-electron chi connectivity index (χ0n) is 12.5. The minimum atomic E-state index is -0.326. The van der Waals surface area contributed by atoms with Gasteiger partial charge in [0.25, 0.3) is 0 Å². The van der Waals surface area contributed by atoms with Crippen LogP contribution in [0, 0.1) is 0 Å². The van der Waals surface area contributed by atoms with Gasteiger partial charge in [0.15, 0.2) is 0 Å². The van der Waals surface area contributed by atoms with Crippen LogP contribution in [0.15, 0.2) is 30.3 Å². The van der Waals surface area contributed by atoms with Crippen LogP contribution in [0.3, 0.4) is 0 Å². The lowest BCUT2D eigenvalue weighted by atomic mass is 10.0. The second-order valence-electron chi connectivity index (χ2n) is 5.62. The Hall–Kier alpha value is -1.88. The minimum Gasteiger partial charge on any atom is -0.368 e. The van der Waals surface area contributed by atoms with E-state index >= 15 is 0 Å². The lowest BCUT2D eigenvalue weighted by molar-refractivity contribution is -0.134. The van der Waals surface area contributed by atoms with E-state index in [4.69, 9.17) is 5.73 Å². The number of benzene rings is 1. The maximum atomic E-state index is 12.3.